The van der Waals surface area contributed by atoms with E-state index >= 15 is 0 Å². The Kier molecular flexibility index (Phi) is 7.62. The van der Waals surface area contributed by atoms with Crippen molar-refractivity contribution >= 4 is 62.4 Å². The quantitative estimate of drug-likeness (QED) is 0.195. The number of hydrogen-bond acceptors (Lipinski definition) is 7. The molecule has 12 heteroatoms. The zero-order valence-electron chi connectivity index (χ0n) is 16.0. The van der Waals surface area contributed by atoms with Gasteiger partial charge in [0.25, 0.3) is 5.69 Å². The first-order chi connectivity index (χ1) is 15.2. The molecule has 3 rings (SSSR count). The van der Waals surface area contributed by atoms with Crippen molar-refractivity contribution in [3.63, 3.8) is 0 Å². The highest BCUT2D eigenvalue weighted by Crippen LogP contribution is 2.30. The molecular weight excluding hydrogens is 527 g/mol. The number of nitrogens with zero attached hydrogens (tertiary/aromatic N) is 3. The highest BCUT2D eigenvalue weighted by Gasteiger charge is 2.19. The van der Waals surface area contributed by atoms with E-state index in [4.69, 9.17) is 27.9 Å². The van der Waals surface area contributed by atoms with Gasteiger partial charge in [-0.25, -0.2) is 0 Å². The van der Waals surface area contributed by atoms with Crippen molar-refractivity contribution in [1.82, 2.24) is 0 Å². The molecule has 164 valence electrons. The number of ether oxygens (including phenoxy) is 1. The van der Waals surface area contributed by atoms with Crippen LogP contribution in [0, 0.1) is 20.2 Å². The number of anilines is 1. The summed E-state index contributed by atoms with van der Waals surface area (Å²) in [6.07, 6.45) is 1.44. The lowest BCUT2D eigenvalue weighted by atomic mass is 10.2. The van der Waals surface area contributed by atoms with Gasteiger partial charge in [-0.2, -0.15) is 5.10 Å². The van der Waals surface area contributed by atoms with E-state index in [0.717, 1.165) is 17.7 Å². The Balaban J connectivity index is 1.68. The number of hydrogen-bond donors (Lipinski definition) is 1. The van der Waals surface area contributed by atoms with Crippen molar-refractivity contribution in [1.29, 1.82) is 0 Å². The summed E-state index contributed by atoms with van der Waals surface area (Å²) in [5.74, 6) is 0.576. The van der Waals surface area contributed by atoms with Gasteiger partial charge in [-0.15, -0.1) is 0 Å². The molecule has 1 N–H and O–H groups in total. The topological polar surface area (TPSA) is 120 Å². The van der Waals surface area contributed by atoms with Gasteiger partial charge in [0.05, 0.1) is 26.6 Å². The second kappa shape index (κ2) is 10.4. The molecule has 0 fully saturated rings. The Hall–Kier alpha value is -3.21. The number of nitrogens with one attached hydrogen (secondary N) is 1. The van der Waals surface area contributed by atoms with E-state index in [2.05, 4.69) is 26.5 Å². The average Bonchev–Trinajstić information content (AvgIpc) is 2.74. The predicted molar refractivity (Wildman–Crippen MR) is 126 cm³/mol. The maximum atomic E-state index is 11.2. The molecular formula is C20H13BrCl2N4O5. The van der Waals surface area contributed by atoms with Crippen molar-refractivity contribution in [3.05, 3.63) is 100 Å². The fourth-order valence-corrected chi connectivity index (χ4v) is 3.54. The first kappa shape index (κ1) is 23.5. The molecule has 3 aromatic rings. The van der Waals surface area contributed by atoms with Crippen LogP contribution in [0.4, 0.5) is 17.1 Å². The van der Waals surface area contributed by atoms with Crippen LogP contribution in [0.3, 0.4) is 0 Å². The van der Waals surface area contributed by atoms with Gasteiger partial charge in [-0.1, -0.05) is 29.3 Å². The number of rotatable bonds is 8. The van der Waals surface area contributed by atoms with E-state index in [1.54, 1.807) is 36.4 Å². The lowest BCUT2D eigenvalue weighted by Gasteiger charge is -2.10. The standard InChI is InChI=1S/C20H13BrCl2N4O5/c21-16-7-12(1-6-20(16)32-11-13-2-3-14(22)8-17(13)23)10-24-25-18-5-4-15(26(28)29)9-19(18)27(30)31/h1-10,25H,11H2/b24-10+. The van der Waals surface area contributed by atoms with Gasteiger partial charge in [0.2, 0.25) is 0 Å². The normalized spacial score (nSPS) is 10.8. The van der Waals surface area contributed by atoms with Gasteiger partial charge >= 0.3 is 5.69 Å². The van der Waals surface area contributed by atoms with Crippen LogP contribution < -0.4 is 10.2 Å². The molecule has 0 aliphatic carbocycles. The third kappa shape index (κ3) is 5.94. The summed E-state index contributed by atoms with van der Waals surface area (Å²) in [5, 5.41) is 27.0. The second-order valence-electron chi connectivity index (χ2n) is 6.30. The van der Waals surface area contributed by atoms with Crippen LogP contribution in [0.2, 0.25) is 10.0 Å². The first-order valence-electron chi connectivity index (χ1n) is 8.83. The zero-order valence-corrected chi connectivity index (χ0v) is 19.1. The van der Waals surface area contributed by atoms with Crippen molar-refractivity contribution in [2.24, 2.45) is 5.10 Å². The summed E-state index contributed by atoms with van der Waals surface area (Å²) in [6.45, 7) is 0.243. The number of benzene rings is 3. The third-order valence-corrected chi connectivity index (χ3v) is 5.35. The molecule has 3 aromatic carbocycles. The van der Waals surface area contributed by atoms with Crippen molar-refractivity contribution < 1.29 is 14.6 Å². The van der Waals surface area contributed by atoms with Crippen LogP contribution in [0.1, 0.15) is 11.1 Å². The first-order valence-corrected chi connectivity index (χ1v) is 10.4. The van der Waals surface area contributed by atoms with E-state index in [1.165, 1.54) is 12.3 Å². The monoisotopic (exact) mass is 538 g/mol. The molecule has 0 heterocycles. The summed E-state index contributed by atoms with van der Waals surface area (Å²) < 4.78 is 6.44. The Morgan fingerprint density at radius 2 is 1.81 bits per heavy atom. The average molecular weight is 540 g/mol. The predicted octanol–water partition coefficient (Wildman–Crippen LogP) is 6.60. The van der Waals surface area contributed by atoms with Gasteiger partial charge in [0.1, 0.15) is 18.0 Å². The van der Waals surface area contributed by atoms with E-state index in [0.29, 0.717) is 25.8 Å². The minimum absolute atomic E-state index is 0.0238. The van der Waals surface area contributed by atoms with Crippen LogP contribution in [0.5, 0.6) is 5.75 Å². The molecule has 0 aliphatic rings. The lowest BCUT2D eigenvalue weighted by Crippen LogP contribution is -1.99. The number of non-ortho nitro benzene ring substituents is 1. The molecule has 9 nitrogen and oxygen atoms in total. The summed E-state index contributed by atoms with van der Waals surface area (Å²) in [5.41, 5.74) is 3.17. The minimum atomic E-state index is -0.722. The molecule has 0 unspecified atom stereocenters. The largest absolute Gasteiger partial charge is 0.488 e. The molecule has 0 aliphatic heterocycles. The summed E-state index contributed by atoms with van der Waals surface area (Å²) in [7, 11) is 0. The molecule has 0 radical (unpaired) electrons. The summed E-state index contributed by atoms with van der Waals surface area (Å²) >= 11 is 15.5. The SMILES string of the molecule is O=[N+]([O-])c1ccc(N/N=C/c2ccc(OCc3ccc(Cl)cc3Cl)c(Br)c2)c([N+](=O)[O-])c1. The van der Waals surface area contributed by atoms with E-state index in [1.807, 2.05) is 0 Å². The number of nitro groups is 2. The third-order valence-electron chi connectivity index (χ3n) is 4.14. The number of halogens is 3. The van der Waals surface area contributed by atoms with Crippen molar-refractivity contribution in [2.45, 2.75) is 6.61 Å². The molecule has 0 saturated heterocycles. The zero-order chi connectivity index (χ0) is 23.3. The van der Waals surface area contributed by atoms with Gasteiger partial charge in [0.15, 0.2) is 0 Å². The molecule has 0 aromatic heterocycles. The summed E-state index contributed by atoms with van der Waals surface area (Å²) in [6, 6.07) is 13.6. The van der Waals surface area contributed by atoms with Crippen molar-refractivity contribution in [3.8, 4) is 5.75 Å². The van der Waals surface area contributed by atoms with Crippen LogP contribution >= 0.6 is 39.1 Å². The van der Waals surface area contributed by atoms with Crippen LogP contribution in [-0.2, 0) is 6.61 Å². The minimum Gasteiger partial charge on any atom is -0.488 e. The van der Waals surface area contributed by atoms with E-state index in [9.17, 15) is 20.2 Å². The Labute approximate surface area is 200 Å². The van der Waals surface area contributed by atoms with E-state index < -0.39 is 15.5 Å². The maximum absolute atomic E-state index is 11.2. The highest BCUT2D eigenvalue weighted by molar-refractivity contribution is 9.10. The molecule has 0 saturated carbocycles. The molecule has 32 heavy (non-hydrogen) atoms. The van der Waals surface area contributed by atoms with Crippen LogP contribution in [0.15, 0.2) is 64.2 Å². The molecule has 0 amide bonds. The highest BCUT2D eigenvalue weighted by atomic mass is 79.9. The lowest BCUT2D eigenvalue weighted by molar-refractivity contribution is -0.393. The summed E-state index contributed by atoms with van der Waals surface area (Å²) in [4.78, 5) is 20.6. The van der Waals surface area contributed by atoms with Gasteiger partial charge in [0, 0.05) is 21.7 Å². The number of nitro benzene ring substituents is 2. The van der Waals surface area contributed by atoms with E-state index in [-0.39, 0.29) is 18.0 Å². The molecule has 0 atom stereocenters. The van der Waals surface area contributed by atoms with Crippen molar-refractivity contribution in [2.75, 3.05) is 5.43 Å². The maximum Gasteiger partial charge on any atom is 0.301 e. The molecule has 0 bridgehead atoms. The van der Waals surface area contributed by atoms with Crippen LogP contribution in [0.25, 0.3) is 0 Å². The number of hydrazone groups is 1. The van der Waals surface area contributed by atoms with Crippen LogP contribution in [-0.4, -0.2) is 16.1 Å². The van der Waals surface area contributed by atoms with Gasteiger partial charge in [-0.3, -0.25) is 25.7 Å². The second-order valence-corrected chi connectivity index (χ2v) is 8.00. The fraction of sp³-hybridized carbons (Fsp3) is 0.0500. The Morgan fingerprint density at radius 3 is 2.47 bits per heavy atom. The Morgan fingerprint density at radius 1 is 1.03 bits per heavy atom. The smallest absolute Gasteiger partial charge is 0.301 e. The van der Waals surface area contributed by atoms with Gasteiger partial charge in [-0.05, 0) is 57.9 Å². The Bertz CT molecular complexity index is 1220. The molecule has 0 spiro atoms. The van der Waals surface area contributed by atoms with Gasteiger partial charge < -0.3 is 4.74 Å². The fourth-order valence-electron chi connectivity index (χ4n) is 2.56.